The van der Waals surface area contributed by atoms with Crippen LogP contribution in [0.3, 0.4) is 0 Å². The molecule has 1 heterocycles. The van der Waals surface area contributed by atoms with Crippen molar-refractivity contribution in [3.05, 3.63) is 23.1 Å². The van der Waals surface area contributed by atoms with Crippen molar-refractivity contribution >= 4 is 28.4 Å². The van der Waals surface area contributed by atoms with Crippen LogP contribution in [-0.4, -0.2) is 21.8 Å². The van der Waals surface area contributed by atoms with Crippen molar-refractivity contribution in [1.82, 2.24) is 4.37 Å². The number of carboxylic acids is 1. The van der Waals surface area contributed by atoms with Crippen molar-refractivity contribution in [3.63, 3.8) is 0 Å². The molecule has 0 spiro atoms. The van der Waals surface area contributed by atoms with Crippen LogP contribution in [-0.2, 0) is 0 Å². The molecular formula is C9H4F3NO3S. The number of aromatic carboxylic acids is 1. The molecule has 0 bridgehead atoms. The van der Waals surface area contributed by atoms with Gasteiger partial charge in [-0.05, 0) is 23.7 Å². The average molecular weight is 263 g/mol. The molecule has 0 unspecified atom stereocenters. The van der Waals surface area contributed by atoms with Gasteiger partial charge in [-0.15, -0.1) is 13.2 Å². The van der Waals surface area contributed by atoms with E-state index in [4.69, 9.17) is 5.11 Å². The van der Waals surface area contributed by atoms with Gasteiger partial charge in [-0.3, -0.25) is 0 Å². The van der Waals surface area contributed by atoms with Crippen LogP contribution in [0.5, 0.6) is 5.75 Å². The molecular weight excluding hydrogens is 259 g/mol. The Morgan fingerprint density at radius 3 is 2.71 bits per heavy atom. The highest BCUT2D eigenvalue weighted by Crippen LogP contribution is 2.29. The molecule has 1 aromatic carbocycles. The molecule has 0 radical (unpaired) electrons. The Morgan fingerprint density at radius 2 is 2.12 bits per heavy atom. The summed E-state index contributed by atoms with van der Waals surface area (Å²) in [5, 5.41) is 9.08. The van der Waals surface area contributed by atoms with Gasteiger partial charge in [-0.2, -0.15) is 4.37 Å². The molecule has 8 heteroatoms. The number of ether oxygens (including phenoxy) is 1. The third kappa shape index (κ3) is 2.47. The lowest BCUT2D eigenvalue weighted by Crippen LogP contribution is -2.16. The highest BCUT2D eigenvalue weighted by molar-refractivity contribution is 7.09. The number of benzene rings is 1. The average Bonchev–Trinajstić information content (AvgIpc) is 2.57. The number of carbonyl (C=O) groups is 1. The molecule has 17 heavy (non-hydrogen) atoms. The Labute approximate surface area is 96.4 Å². The molecule has 90 valence electrons. The SMILES string of the molecule is O=C(O)c1snc2cc(OC(F)(F)F)ccc12. The lowest BCUT2D eigenvalue weighted by atomic mass is 10.2. The summed E-state index contributed by atoms with van der Waals surface area (Å²) in [5.74, 6) is -1.59. The zero-order valence-corrected chi connectivity index (χ0v) is 8.80. The molecule has 0 aliphatic rings. The molecule has 0 atom stereocenters. The fourth-order valence-electron chi connectivity index (χ4n) is 1.27. The number of nitrogens with zero attached hydrogens (tertiary/aromatic N) is 1. The number of rotatable bonds is 2. The Kier molecular flexibility index (Phi) is 2.66. The van der Waals surface area contributed by atoms with Crippen molar-refractivity contribution in [1.29, 1.82) is 0 Å². The maximum absolute atomic E-state index is 11.9. The highest BCUT2D eigenvalue weighted by atomic mass is 32.1. The summed E-state index contributed by atoms with van der Waals surface area (Å²) >= 11 is 0.711. The van der Waals surface area contributed by atoms with Crippen molar-refractivity contribution in [2.45, 2.75) is 6.36 Å². The molecule has 1 aromatic heterocycles. The third-order valence-corrected chi connectivity index (χ3v) is 2.74. The van der Waals surface area contributed by atoms with Crippen LogP contribution >= 0.6 is 11.5 Å². The van der Waals surface area contributed by atoms with E-state index < -0.39 is 18.1 Å². The Hall–Kier alpha value is -1.83. The zero-order valence-electron chi connectivity index (χ0n) is 7.99. The maximum atomic E-state index is 11.9. The predicted octanol–water partition coefficient (Wildman–Crippen LogP) is 2.89. The molecule has 1 N–H and O–H groups in total. The molecule has 0 aliphatic carbocycles. The predicted molar refractivity (Wildman–Crippen MR) is 53.3 cm³/mol. The van der Waals surface area contributed by atoms with E-state index in [0.717, 1.165) is 12.1 Å². The number of hydrogen-bond acceptors (Lipinski definition) is 4. The van der Waals surface area contributed by atoms with E-state index in [1.165, 1.54) is 6.07 Å². The minimum Gasteiger partial charge on any atom is -0.477 e. The number of alkyl halides is 3. The van der Waals surface area contributed by atoms with Crippen molar-refractivity contribution in [2.75, 3.05) is 0 Å². The van der Waals surface area contributed by atoms with E-state index in [-0.39, 0.29) is 15.8 Å². The van der Waals surface area contributed by atoms with Crippen LogP contribution in [0, 0.1) is 0 Å². The Balaban J connectivity index is 2.43. The van der Waals surface area contributed by atoms with Gasteiger partial charge in [0.2, 0.25) is 0 Å². The van der Waals surface area contributed by atoms with E-state index in [1.54, 1.807) is 0 Å². The molecule has 0 aliphatic heterocycles. The minimum atomic E-state index is -4.78. The van der Waals surface area contributed by atoms with Crippen molar-refractivity contribution < 1.29 is 27.8 Å². The van der Waals surface area contributed by atoms with Gasteiger partial charge in [0.05, 0.1) is 5.52 Å². The lowest BCUT2D eigenvalue weighted by Gasteiger charge is -2.07. The second-order valence-electron chi connectivity index (χ2n) is 3.04. The molecule has 2 aromatic rings. The van der Waals surface area contributed by atoms with Gasteiger partial charge in [-0.25, -0.2) is 4.79 Å². The topological polar surface area (TPSA) is 59.4 Å². The summed E-state index contributed by atoms with van der Waals surface area (Å²) in [4.78, 5) is 10.7. The van der Waals surface area contributed by atoms with Crippen LogP contribution in [0.15, 0.2) is 18.2 Å². The van der Waals surface area contributed by atoms with E-state index in [2.05, 4.69) is 9.11 Å². The summed E-state index contributed by atoms with van der Waals surface area (Å²) in [6.07, 6.45) is -4.78. The Bertz CT molecular complexity index is 578. The summed E-state index contributed by atoms with van der Waals surface area (Å²) in [7, 11) is 0. The monoisotopic (exact) mass is 263 g/mol. The first-order valence-electron chi connectivity index (χ1n) is 4.25. The molecule has 0 saturated heterocycles. The first-order valence-corrected chi connectivity index (χ1v) is 5.02. The van der Waals surface area contributed by atoms with Crippen LogP contribution in [0.4, 0.5) is 13.2 Å². The molecule has 2 rings (SSSR count). The number of aromatic nitrogens is 1. The first kappa shape index (κ1) is 11.6. The smallest absolute Gasteiger partial charge is 0.477 e. The fraction of sp³-hybridized carbons (Fsp3) is 0.111. The van der Waals surface area contributed by atoms with E-state index >= 15 is 0 Å². The number of fused-ring (bicyclic) bond motifs is 1. The van der Waals surface area contributed by atoms with Crippen molar-refractivity contribution in [3.8, 4) is 5.75 Å². The highest BCUT2D eigenvalue weighted by Gasteiger charge is 2.31. The number of halogens is 3. The van der Waals surface area contributed by atoms with Gasteiger partial charge in [0.1, 0.15) is 10.6 Å². The van der Waals surface area contributed by atoms with Crippen LogP contribution < -0.4 is 4.74 Å². The van der Waals surface area contributed by atoms with Crippen molar-refractivity contribution in [2.24, 2.45) is 0 Å². The van der Waals surface area contributed by atoms with Crippen LogP contribution in [0.2, 0.25) is 0 Å². The minimum absolute atomic E-state index is 0.0152. The van der Waals surface area contributed by atoms with E-state index in [9.17, 15) is 18.0 Å². The molecule has 0 saturated carbocycles. The first-order chi connectivity index (χ1) is 7.87. The second-order valence-corrected chi connectivity index (χ2v) is 3.82. The fourth-order valence-corrected chi connectivity index (χ4v) is 1.96. The maximum Gasteiger partial charge on any atom is 0.573 e. The van der Waals surface area contributed by atoms with Gasteiger partial charge < -0.3 is 9.84 Å². The van der Waals surface area contributed by atoms with Crippen LogP contribution in [0.25, 0.3) is 10.9 Å². The largest absolute Gasteiger partial charge is 0.573 e. The third-order valence-electron chi connectivity index (χ3n) is 1.88. The molecule has 0 amide bonds. The summed E-state index contributed by atoms with van der Waals surface area (Å²) in [6, 6.07) is 3.34. The van der Waals surface area contributed by atoms with Crippen LogP contribution in [0.1, 0.15) is 9.67 Å². The lowest BCUT2D eigenvalue weighted by molar-refractivity contribution is -0.274. The van der Waals surface area contributed by atoms with Gasteiger partial charge in [-0.1, -0.05) is 0 Å². The van der Waals surface area contributed by atoms with Gasteiger partial charge in [0, 0.05) is 11.5 Å². The summed E-state index contributed by atoms with van der Waals surface area (Å²) in [6.45, 7) is 0. The Morgan fingerprint density at radius 1 is 1.41 bits per heavy atom. The number of hydrogen-bond donors (Lipinski definition) is 1. The second kappa shape index (κ2) is 3.88. The normalized spacial score (nSPS) is 11.7. The number of carboxylic acid groups (broad SMARTS) is 1. The summed E-state index contributed by atoms with van der Waals surface area (Å²) < 4.78 is 43.3. The van der Waals surface area contributed by atoms with Gasteiger partial charge >= 0.3 is 12.3 Å². The standard InChI is InChI=1S/C9H4F3NO3S/c10-9(11,12)16-4-1-2-5-6(3-4)13-17-7(5)8(14)15/h1-3H,(H,14,15). The van der Waals surface area contributed by atoms with Gasteiger partial charge in [0.15, 0.2) is 0 Å². The molecule has 4 nitrogen and oxygen atoms in total. The quantitative estimate of drug-likeness (QED) is 0.905. The van der Waals surface area contributed by atoms with E-state index in [1.807, 2.05) is 0 Å². The van der Waals surface area contributed by atoms with Gasteiger partial charge in [0.25, 0.3) is 0 Å². The van der Waals surface area contributed by atoms with E-state index in [0.29, 0.717) is 11.5 Å². The zero-order chi connectivity index (χ0) is 12.6. The summed E-state index contributed by atoms with van der Waals surface area (Å²) in [5.41, 5.74) is 0.161. The molecule has 0 fully saturated rings.